The highest BCUT2D eigenvalue weighted by atomic mass is 127. The molecule has 0 saturated heterocycles. The van der Waals surface area contributed by atoms with Gasteiger partial charge in [-0.2, -0.15) is 13.1 Å². The fraction of sp³-hybridized carbons (Fsp3) is 0.143. The van der Waals surface area contributed by atoms with Crippen molar-refractivity contribution in [2.24, 2.45) is 0 Å². The third-order valence-electron chi connectivity index (χ3n) is 2.93. The van der Waals surface area contributed by atoms with E-state index in [1.165, 1.54) is 0 Å². The number of benzene rings is 2. The number of hydrogen-bond donors (Lipinski definition) is 4. The van der Waals surface area contributed by atoms with Crippen LogP contribution in [-0.4, -0.2) is 26.7 Å². The molecule has 0 atom stereocenters. The first kappa shape index (κ1) is 20.1. The van der Waals surface area contributed by atoms with Crippen LogP contribution in [0.5, 0.6) is 0 Å². The van der Waals surface area contributed by atoms with Gasteiger partial charge in [-0.3, -0.25) is 4.72 Å². The van der Waals surface area contributed by atoms with E-state index in [4.69, 9.17) is 16.7 Å². The Morgan fingerprint density at radius 3 is 2.48 bits per heavy atom. The molecule has 0 aliphatic rings. The van der Waals surface area contributed by atoms with Gasteiger partial charge in [-0.05, 0) is 52.9 Å². The van der Waals surface area contributed by atoms with Gasteiger partial charge in [0.2, 0.25) is 0 Å². The van der Waals surface area contributed by atoms with Crippen molar-refractivity contribution in [2.45, 2.75) is 0 Å². The summed E-state index contributed by atoms with van der Waals surface area (Å²) in [6.07, 6.45) is 0. The summed E-state index contributed by atoms with van der Waals surface area (Å²) in [7, 11) is -4.08. The standard InChI is InChI=1S/C14H13ClF2IN3O3S/c15-9-7-8(18)1-3-11(9)20-14-12(4-2-10(16)13(14)17)21-25(23,24)19-5-6-22/h1-4,7,19-22H,5-6H2. The van der Waals surface area contributed by atoms with Gasteiger partial charge in [-0.1, -0.05) is 11.6 Å². The summed E-state index contributed by atoms with van der Waals surface area (Å²) in [5, 5.41) is 11.5. The summed E-state index contributed by atoms with van der Waals surface area (Å²) in [5.41, 5.74) is -0.369. The number of aliphatic hydroxyl groups excluding tert-OH is 1. The van der Waals surface area contributed by atoms with E-state index in [1.807, 2.05) is 27.3 Å². The third-order valence-corrected chi connectivity index (χ3v) is 4.99. The summed E-state index contributed by atoms with van der Waals surface area (Å²) in [4.78, 5) is 0. The molecule has 0 fully saturated rings. The normalized spacial score (nSPS) is 11.4. The monoisotopic (exact) mass is 503 g/mol. The lowest BCUT2D eigenvalue weighted by atomic mass is 10.2. The van der Waals surface area contributed by atoms with Crippen LogP contribution in [0.4, 0.5) is 25.8 Å². The van der Waals surface area contributed by atoms with E-state index < -0.39 is 34.1 Å². The lowest BCUT2D eigenvalue weighted by Gasteiger charge is -2.16. The number of nitrogens with one attached hydrogen (secondary N) is 3. The Morgan fingerprint density at radius 1 is 1.16 bits per heavy atom. The average molecular weight is 504 g/mol. The third kappa shape index (κ3) is 5.38. The van der Waals surface area contributed by atoms with Gasteiger partial charge in [-0.25, -0.2) is 8.78 Å². The fourth-order valence-electron chi connectivity index (χ4n) is 1.84. The van der Waals surface area contributed by atoms with E-state index >= 15 is 0 Å². The smallest absolute Gasteiger partial charge is 0.299 e. The lowest BCUT2D eigenvalue weighted by Crippen LogP contribution is -2.32. The van der Waals surface area contributed by atoms with Gasteiger partial charge in [0.15, 0.2) is 11.6 Å². The molecule has 2 rings (SSSR count). The molecule has 0 saturated carbocycles. The summed E-state index contributed by atoms with van der Waals surface area (Å²) in [6, 6.07) is 6.71. The highest BCUT2D eigenvalue weighted by Gasteiger charge is 2.19. The molecular formula is C14H13ClF2IN3O3S. The van der Waals surface area contributed by atoms with Crippen molar-refractivity contribution < 1.29 is 22.3 Å². The van der Waals surface area contributed by atoms with Crippen molar-refractivity contribution in [2.75, 3.05) is 23.2 Å². The first-order chi connectivity index (χ1) is 11.7. The Bertz CT molecular complexity index is 884. The molecule has 136 valence electrons. The van der Waals surface area contributed by atoms with Gasteiger partial charge in [0, 0.05) is 10.1 Å². The largest absolute Gasteiger partial charge is 0.395 e. The number of aliphatic hydroxyl groups is 1. The van der Waals surface area contributed by atoms with Crippen molar-refractivity contribution in [1.82, 2.24) is 4.72 Å². The molecule has 0 aliphatic heterocycles. The molecule has 2 aromatic rings. The van der Waals surface area contributed by atoms with Gasteiger partial charge in [0.1, 0.15) is 5.69 Å². The van der Waals surface area contributed by atoms with Crippen LogP contribution in [0.1, 0.15) is 0 Å². The molecule has 0 spiro atoms. The minimum atomic E-state index is -4.08. The topological polar surface area (TPSA) is 90.5 Å². The molecular weight excluding hydrogens is 491 g/mol. The number of rotatable bonds is 7. The molecule has 4 N–H and O–H groups in total. The van der Waals surface area contributed by atoms with Crippen molar-refractivity contribution in [3.8, 4) is 0 Å². The van der Waals surface area contributed by atoms with Crippen LogP contribution in [0.25, 0.3) is 0 Å². The molecule has 2 aromatic carbocycles. The Balaban J connectivity index is 2.40. The molecule has 0 bridgehead atoms. The zero-order chi connectivity index (χ0) is 18.6. The lowest BCUT2D eigenvalue weighted by molar-refractivity contribution is 0.301. The van der Waals surface area contributed by atoms with E-state index in [1.54, 1.807) is 18.2 Å². The molecule has 6 nitrogen and oxygen atoms in total. The van der Waals surface area contributed by atoms with Crippen LogP contribution in [0.15, 0.2) is 30.3 Å². The Morgan fingerprint density at radius 2 is 1.84 bits per heavy atom. The van der Waals surface area contributed by atoms with E-state index in [9.17, 15) is 17.2 Å². The maximum Gasteiger partial charge on any atom is 0.299 e. The summed E-state index contributed by atoms with van der Waals surface area (Å²) >= 11 is 8.10. The number of halogens is 4. The molecule has 0 radical (unpaired) electrons. The van der Waals surface area contributed by atoms with Gasteiger partial charge >= 0.3 is 0 Å². The fourth-order valence-corrected chi connectivity index (χ4v) is 3.64. The summed E-state index contributed by atoms with van der Waals surface area (Å²) in [5.74, 6) is -2.42. The first-order valence-electron chi connectivity index (χ1n) is 6.82. The predicted octanol–water partition coefficient (Wildman–Crippen LogP) is 3.21. The van der Waals surface area contributed by atoms with Crippen LogP contribution >= 0.6 is 34.2 Å². The van der Waals surface area contributed by atoms with Crippen LogP contribution in [-0.2, 0) is 10.2 Å². The first-order valence-corrected chi connectivity index (χ1v) is 9.76. The van der Waals surface area contributed by atoms with Gasteiger partial charge in [0.05, 0.1) is 23.0 Å². The Hall–Kier alpha value is -1.21. The van der Waals surface area contributed by atoms with Crippen LogP contribution in [0.2, 0.25) is 5.02 Å². The quantitative estimate of drug-likeness (QED) is 0.437. The molecule has 11 heteroatoms. The molecule has 0 aromatic heterocycles. The summed E-state index contributed by atoms with van der Waals surface area (Å²) < 4.78 is 56.5. The van der Waals surface area contributed by atoms with E-state index in [-0.39, 0.29) is 22.9 Å². The number of hydrogen-bond acceptors (Lipinski definition) is 4. The molecule has 25 heavy (non-hydrogen) atoms. The molecule has 0 heterocycles. The van der Waals surface area contributed by atoms with Crippen LogP contribution in [0, 0.1) is 15.2 Å². The Kier molecular flexibility index (Phi) is 6.79. The van der Waals surface area contributed by atoms with Crippen molar-refractivity contribution >= 4 is 61.5 Å². The second-order valence-corrected chi connectivity index (χ2v) is 7.91. The van der Waals surface area contributed by atoms with Crippen molar-refractivity contribution in [3.63, 3.8) is 0 Å². The zero-order valence-electron chi connectivity index (χ0n) is 12.5. The van der Waals surface area contributed by atoms with Crippen molar-refractivity contribution in [1.29, 1.82) is 0 Å². The average Bonchev–Trinajstić information content (AvgIpc) is 2.54. The number of anilines is 3. The highest BCUT2D eigenvalue weighted by molar-refractivity contribution is 14.1. The van der Waals surface area contributed by atoms with Crippen LogP contribution < -0.4 is 14.8 Å². The second kappa shape index (κ2) is 8.45. The summed E-state index contributed by atoms with van der Waals surface area (Å²) in [6.45, 7) is -0.646. The maximum atomic E-state index is 14.2. The molecule has 0 unspecified atom stereocenters. The highest BCUT2D eigenvalue weighted by Crippen LogP contribution is 2.34. The van der Waals surface area contributed by atoms with Gasteiger partial charge < -0.3 is 10.4 Å². The van der Waals surface area contributed by atoms with Crippen molar-refractivity contribution in [3.05, 3.63) is 50.6 Å². The van der Waals surface area contributed by atoms with Gasteiger partial charge in [0.25, 0.3) is 10.2 Å². The molecule has 0 aliphatic carbocycles. The SMILES string of the molecule is O=S(=O)(NCCO)Nc1ccc(F)c(F)c1Nc1ccc(I)cc1Cl. The van der Waals surface area contributed by atoms with E-state index in [0.717, 1.165) is 15.7 Å². The minimum Gasteiger partial charge on any atom is -0.395 e. The Labute approximate surface area is 161 Å². The molecule has 0 amide bonds. The second-order valence-electron chi connectivity index (χ2n) is 4.76. The maximum absolute atomic E-state index is 14.2. The van der Waals surface area contributed by atoms with Crippen LogP contribution in [0.3, 0.4) is 0 Å². The van der Waals surface area contributed by atoms with E-state index in [2.05, 4.69) is 10.0 Å². The predicted molar refractivity (Wildman–Crippen MR) is 101 cm³/mol. The van der Waals surface area contributed by atoms with E-state index in [0.29, 0.717) is 0 Å². The minimum absolute atomic E-state index is 0.223. The zero-order valence-corrected chi connectivity index (χ0v) is 16.2. The van der Waals surface area contributed by atoms with Gasteiger partial charge in [-0.15, -0.1) is 0 Å².